The predicted octanol–water partition coefficient (Wildman–Crippen LogP) is 2.91. The number of fused-ring (bicyclic) bond motifs is 1. The van der Waals surface area contributed by atoms with E-state index in [1.807, 2.05) is 12.1 Å². The zero-order chi connectivity index (χ0) is 19.4. The summed E-state index contributed by atoms with van der Waals surface area (Å²) < 4.78 is 16.2. The first-order chi connectivity index (χ1) is 13.0. The van der Waals surface area contributed by atoms with Gasteiger partial charge in [0.15, 0.2) is 0 Å². The molecule has 3 rings (SSSR count). The Hall–Kier alpha value is -2.83. The van der Waals surface area contributed by atoms with Gasteiger partial charge in [-0.1, -0.05) is 18.2 Å². The molecule has 1 aromatic heterocycles. The largest absolute Gasteiger partial charge is 0.460 e. The molecule has 0 bridgehead atoms. The summed E-state index contributed by atoms with van der Waals surface area (Å²) in [4.78, 5) is 37.9. The van der Waals surface area contributed by atoms with Gasteiger partial charge in [-0.15, -0.1) is 0 Å². The van der Waals surface area contributed by atoms with E-state index in [-0.39, 0.29) is 36.8 Å². The van der Waals surface area contributed by atoms with E-state index in [1.165, 1.54) is 6.92 Å². The lowest BCUT2D eigenvalue weighted by molar-refractivity contribution is -0.152. The van der Waals surface area contributed by atoms with Crippen LogP contribution in [0.5, 0.6) is 0 Å². The molecule has 0 saturated carbocycles. The summed E-state index contributed by atoms with van der Waals surface area (Å²) >= 11 is 0. The maximum Gasteiger partial charge on any atom is 0.374 e. The van der Waals surface area contributed by atoms with Crippen LogP contribution in [0.1, 0.15) is 42.8 Å². The Morgan fingerprint density at radius 1 is 1.22 bits per heavy atom. The van der Waals surface area contributed by atoms with Crippen molar-refractivity contribution < 1.29 is 28.3 Å². The molecule has 1 amide bonds. The highest BCUT2D eigenvalue weighted by atomic mass is 16.5. The molecular formula is C20H23NO6. The van der Waals surface area contributed by atoms with E-state index in [1.54, 1.807) is 24.0 Å². The van der Waals surface area contributed by atoms with Crippen molar-refractivity contribution in [3.8, 4) is 0 Å². The van der Waals surface area contributed by atoms with Gasteiger partial charge in [-0.25, -0.2) is 4.79 Å². The number of benzene rings is 1. The molecule has 0 N–H and O–H groups in total. The second-order valence-corrected chi connectivity index (χ2v) is 6.54. The van der Waals surface area contributed by atoms with Crippen molar-refractivity contribution in [1.29, 1.82) is 0 Å². The SMILES string of the molecule is CCOC(=O)c1oc2ccccc2c1COC(=O)C1CCCN(C(C)=O)C1. The first-order valence-electron chi connectivity index (χ1n) is 9.11. The van der Waals surface area contributed by atoms with E-state index in [2.05, 4.69) is 0 Å². The Kier molecular flexibility index (Phi) is 5.78. The highest BCUT2D eigenvalue weighted by Gasteiger charge is 2.29. The van der Waals surface area contributed by atoms with Crippen molar-refractivity contribution in [1.82, 2.24) is 4.90 Å². The van der Waals surface area contributed by atoms with Crippen LogP contribution in [-0.4, -0.2) is 42.4 Å². The summed E-state index contributed by atoms with van der Waals surface area (Å²) in [6.07, 6.45) is 1.45. The van der Waals surface area contributed by atoms with Crippen LogP contribution >= 0.6 is 0 Å². The molecule has 1 unspecified atom stereocenters. The summed E-state index contributed by atoms with van der Waals surface area (Å²) in [5.74, 6) is -1.30. The van der Waals surface area contributed by atoms with Gasteiger partial charge in [-0.05, 0) is 25.8 Å². The third kappa shape index (κ3) is 4.13. The van der Waals surface area contributed by atoms with Crippen molar-refractivity contribution in [3.05, 3.63) is 35.6 Å². The third-order valence-corrected chi connectivity index (χ3v) is 4.72. The third-order valence-electron chi connectivity index (χ3n) is 4.72. The van der Waals surface area contributed by atoms with Crippen molar-refractivity contribution in [2.24, 2.45) is 5.92 Å². The fourth-order valence-electron chi connectivity index (χ4n) is 3.32. The molecule has 2 heterocycles. The van der Waals surface area contributed by atoms with E-state index in [0.29, 0.717) is 36.0 Å². The highest BCUT2D eigenvalue weighted by Crippen LogP contribution is 2.28. The van der Waals surface area contributed by atoms with Gasteiger partial charge in [0, 0.05) is 25.4 Å². The number of furan rings is 1. The first-order valence-corrected chi connectivity index (χ1v) is 9.11. The number of ether oxygens (including phenoxy) is 2. The van der Waals surface area contributed by atoms with Gasteiger partial charge in [0.1, 0.15) is 12.2 Å². The Labute approximate surface area is 157 Å². The molecule has 1 fully saturated rings. The van der Waals surface area contributed by atoms with Crippen molar-refractivity contribution >= 4 is 28.8 Å². The summed E-state index contributed by atoms with van der Waals surface area (Å²) in [5.41, 5.74) is 1.03. The number of hydrogen-bond acceptors (Lipinski definition) is 6. The predicted molar refractivity (Wildman–Crippen MR) is 96.9 cm³/mol. The van der Waals surface area contributed by atoms with Crippen LogP contribution in [0.3, 0.4) is 0 Å². The lowest BCUT2D eigenvalue weighted by Gasteiger charge is -2.30. The number of para-hydroxylation sites is 1. The molecular weight excluding hydrogens is 350 g/mol. The normalized spacial score (nSPS) is 17.0. The minimum Gasteiger partial charge on any atom is -0.460 e. The number of carbonyl (C=O) groups is 3. The van der Waals surface area contributed by atoms with Gasteiger partial charge in [-0.2, -0.15) is 0 Å². The molecule has 1 aliphatic heterocycles. The van der Waals surface area contributed by atoms with Crippen LogP contribution in [0.4, 0.5) is 0 Å². The van der Waals surface area contributed by atoms with Gasteiger partial charge in [0.2, 0.25) is 11.7 Å². The number of carbonyl (C=O) groups excluding carboxylic acids is 3. The quantitative estimate of drug-likeness (QED) is 0.749. The molecule has 0 aliphatic carbocycles. The number of hydrogen-bond donors (Lipinski definition) is 0. The summed E-state index contributed by atoms with van der Waals surface area (Å²) in [7, 11) is 0. The van der Waals surface area contributed by atoms with Crippen LogP contribution in [-0.2, 0) is 25.7 Å². The summed E-state index contributed by atoms with van der Waals surface area (Å²) in [6, 6.07) is 7.18. The first kappa shape index (κ1) is 18.9. The number of amides is 1. The van der Waals surface area contributed by atoms with Crippen LogP contribution in [0, 0.1) is 5.92 Å². The van der Waals surface area contributed by atoms with E-state index < -0.39 is 5.97 Å². The number of nitrogens with zero attached hydrogens (tertiary/aromatic N) is 1. The minimum atomic E-state index is -0.583. The zero-order valence-electron chi connectivity index (χ0n) is 15.5. The summed E-state index contributed by atoms with van der Waals surface area (Å²) in [6.45, 7) is 4.38. The highest BCUT2D eigenvalue weighted by molar-refractivity contribution is 5.96. The Balaban J connectivity index is 1.76. The molecule has 1 aromatic carbocycles. The van der Waals surface area contributed by atoms with Gasteiger partial charge in [0.25, 0.3) is 0 Å². The standard InChI is InChI=1S/C20H23NO6/c1-3-25-20(24)18-16(15-8-4-5-9-17(15)27-18)12-26-19(23)14-7-6-10-21(11-14)13(2)22/h4-5,8-9,14H,3,6-7,10-12H2,1-2H3. The van der Waals surface area contributed by atoms with Crippen molar-refractivity contribution in [2.75, 3.05) is 19.7 Å². The maximum atomic E-state index is 12.5. The van der Waals surface area contributed by atoms with Crippen LogP contribution in [0.25, 0.3) is 11.0 Å². The van der Waals surface area contributed by atoms with Crippen LogP contribution in [0.15, 0.2) is 28.7 Å². The lowest BCUT2D eigenvalue weighted by atomic mass is 9.98. The molecule has 7 heteroatoms. The van der Waals surface area contributed by atoms with E-state index in [4.69, 9.17) is 13.9 Å². The fraction of sp³-hybridized carbons (Fsp3) is 0.450. The number of rotatable bonds is 5. The minimum absolute atomic E-state index is 0.0436. The Morgan fingerprint density at radius 2 is 2.00 bits per heavy atom. The molecule has 7 nitrogen and oxygen atoms in total. The second kappa shape index (κ2) is 8.24. The molecule has 144 valence electrons. The molecule has 1 atom stereocenters. The average Bonchev–Trinajstić information content (AvgIpc) is 3.05. The van der Waals surface area contributed by atoms with E-state index in [0.717, 1.165) is 6.42 Å². The zero-order valence-corrected chi connectivity index (χ0v) is 15.5. The lowest BCUT2D eigenvalue weighted by Crippen LogP contribution is -2.41. The number of esters is 2. The number of piperidine rings is 1. The average molecular weight is 373 g/mol. The summed E-state index contributed by atoms with van der Waals surface area (Å²) in [5, 5.41) is 0.711. The van der Waals surface area contributed by atoms with Crippen LogP contribution in [0.2, 0.25) is 0 Å². The topological polar surface area (TPSA) is 86.1 Å². The van der Waals surface area contributed by atoms with Crippen LogP contribution < -0.4 is 0 Å². The Morgan fingerprint density at radius 3 is 2.74 bits per heavy atom. The van der Waals surface area contributed by atoms with Gasteiger partial charge < -0.3 is 18.8 Å². The second-order valence-electron chi connectivity index (χ2n) is 6.54. The fourth-order valence-corrected chi connectivity index (χ4v) is 3.32. The molecule has 1 aliphatic rings. The van der Waals surface area contributed by atoms with Gasteiger partial charge >= 0.3 is 11.9 Å². The van der Waals surface area contributed by atoms with Gasteiger partial charge in [-0.3, -0.25) is 9.59 Å². The van der Waals surface area contributed by atoms with Gasteiger partial charge in [0.05, 0.1) is 18.1 Å². The molecule has 0 spiro atoms. The van der Waals surface area contributed by atoms with E-state index in [9.17, 15) is 14.4 Å². The van der Waals surface area contributed by atoms with Crippen molar-refractivity contribution in [3.63, 3.8) is 0 Å². The molecule has 1 saturated heterocycles. The smallest absolute Gasteiger partial charge is 0.374 e. The Bertz CT molecular complexity index is 855. The molecule has 0 radical (unpaired) electrons. The molecule has 2 aromatic rings. The van der Waals surface area contributed by atoms with Crippen molar-refractivity contribution in [2.45, 2.75) is 33.3 Å². The monoisotopic (exact) mass is 373 g/mol. The maximum absolute atomic E-state index is 12.5. The van der Waals surface area contributed by atoms with E-state index >= 15 is 0 Å². The molecule has 27 heavy (non-hydrogen) atoms. The number of likely N-dealkylation sites (tertiary alicyclic amines) is 1.